The molecule has 27 heavy (non-hydrogen) atoms. The summed E-state index contributed by atoms with van der Waals surface area (Å²) in [7, 11) is 0. The van der Waals surface area contributed by atoms with Crippen molar-refractivity contribution < 1.29 is 19.1 Å². The summed E-state index contributed by atoms with van der Waals surface area (Å²) in [6, 6.07) is 0. The Labute approximate surface area is 165 Å². The minimum atomic E-state index is -0.375. The highest BCUT2D eigenvalue weighted by Gasteiger charge is 2.38. The van der Waals surface area contributed by atoms with E-state index in [2.05, 4.69) is 27.7 Å². The van der Waals surface area contributed by atoms with Crippen LogP contribution in [-0.2, 0) is 19.1 Å². The Hall–Kier alpha value is -1.58. The van der Waals surface area contributed by atoms with Gasteiger partial charge in [-0.1, -0.05) is 58.6 Å². The van der Waals surface area contributed by atoms with Crippen molar-refractivity contribution in [3.63, 3.8) is 0 Å². The third kappa shape index (κ3) is 5.70. The lowest BCUT2D eigenvalue weighted by molar-refractivity contribution is -0.148. The van der Waals surface area contributed by atoms with Crippen LogP contribution < -0.4 is 0 Å². The van der Waals surface area contributed by atoms with E-state index in [9.17, 15) is 9.59 Å². The van der Waals surface area contributed by atoms with E-state index in [1.54, 1.807) is 0 Å². The second-order valence-electron chi connectivity index (χ2n) is 7.84. The molecule has 4 unspecified atom stereocenters. The Morgan fingerprint density at radius 3 is 1.63 bits per heavy atom. The smallest absolute Gasteiger partial charge is 0.335 e. The number of hydrogen-bond donors (Lipinski definition) is 0. The molecule has 1 aliphatic carbocycles. The van der Waals surface area contributed by atoms with Crippen molar-refractivity contribution in [1.29, 1.82) is 0 Å². The van der Waals surface area contributed by atoms with Gasteiger partial charge in [0.1, 0.15) is 0 Å². The lowest BCUT2D eigenvalue weighted by Crippen LogP contribution is -2.32. The first-order chi connectivity index (χ1) is 12.7. The number of esters is 2. The van der Waals surface area contributed by atoms with Crippen LogP contribution in [0.5, 0.6) is 0 Å². The fourth-order valence-electron chi connectivity index (χ4n) is 4.06. The van der Waals surface area contributed by atoms with Crippen LogP contribution in [0.1, 0.15) is 87.5 Å². The van der Waals surface area contributed by atoms with E-state index in [4.69, 9.17) is 9.47 Å². The molecule has 0 aromatic rings. The van der Waals surface area contributed by atoms with Gasteiger partial charge in [0, 0.05) is 11.8 Å². The summed E-state index contributed by atoms with van der Waals surface area (Å²) in [6.45, 7) is 16.1. The average Bonchev–Trinajstić information content (AvgIpc) is 2.58. The summed E-state index contributed by atoms with van der Waals surface area (Å²) in [4.78, 5) is 26.0. The van der Waals surface area contributed by atoms with Gasteiger partial charge in [-0.05, 0) is 40.0 Å². The van der Waals surface area contributed by atoms with E-state index in [-0.39, 0.29) is 36.0 Å². The molecule has 4 atom stereocenters. The van der Waals surface area contributed by atoms with E-state index in [0.29, 0.717) is 11.1 Å². The molecule has 0 radical (unpaired) electrons. The minimum absolute atomic E-state index is 0.128. The van der Waals surface area contributed by atoms with Crippen LogP contribution in [-0.4, -0.2) is 24.1 Å². The van der Waals surface area contributed by atoms with Crippen molar-refractivity contribution in [3.05, 3.63) is 22.3 Å². The van der Waals surface area contributed by atoms with E-state index in [1.165, 1.54) is 11.1 Å². The SMILES string of the molecule is CCCC(C)OC(=O)C1=C(C(=O)OC(C)CCC)C(C)C(CC)=C(C)C1C. The third-order valence-electron chi connectivity index (χ3n) is 5.66. The summed E-state index contributed by atoms with van der Waals surface area (Å²) < 4.78 is 11.4. The molecule has 0 fully saturated rings. The molecule has 1 aliphatic rings. The van der Waals surface area contributed by atoms with Gasteiger partial charge in [0.25, 0.3) is 0 Å². The monoisotopic (exact) mass is 378 g/mol. The van der Waals surface area contributed by atoms with Gasteiger partial charge in [0.2, 0.25) is 0 Å². The summed E-state index contributed by atoms with van der Waals surface area (Å²) in [5.74, 6) is -1.01. The van der Waals surface area contributed by atoms with Gasteiger partial charge in [0.05, 0.1) is 23.4 Å². The van der Waals surface area contributed by atoms with Crippen LogP contribution in [0, 0.1) is 11.8 Å². The molecule has 4 nitrogen and oxygen atoms in total. The van der Waals surface area contributed by atoms with Gasteiger partial charge >= 0.3 is 11.9 Å². The molecule has 0 N–H and O–H groups in total. The molecule has 0 amide bonds. The summed E-state index contributed by atoms with van der Waals surface area (Å²) in [5.41, 5.74) is 3.35. The fourth-order valence-corrected chi connectivity index (χ4v) is 4.06. The van der Waals surface area contributed by atoms with E-state index in [1.807, 2.05) is 27.7 Å². The predicted octanol–water partition coefficient (Wildman–Crippen LogP) is 5.76. The van der Waals surface area contributed by atoms with Crippen LogP contribution in [0.3, 0.4) is 0 Å². The van der Waals surface area contributed by atoms with E-state index in [0.717, 1.165) is 32.1 Å². The van der Waals surface area contributed by atoms with Crippen molar-refractivity contribution in [3.8, 4) is 0 Å². The first-order valence-corrected chi connectivity index (χ1v) is 10.5. The maximum Gasteiger partial charge on any atom is 0.335 e. The number of carbonyl (C=O) groups is 2. The number of rotatable bonds is 9. The van der Waals surface area contributed by atoms with Crippen LogP contribution in [0.2, 0.25) is 0 Å². The zero-order valence-electron chi connectivity index (χ0n) is 18.5. The lowest BCUT2D eigenvalue weighted by atomic mass is 9.73. The number of hydrogen-bond acceptors (Lipinski definition) is 4. The second-order valence-corrected chi connectivity index (χ2v) is 7.84. The summed E-state index contributed by atoms with van der Waals surface area (Å²) in [5, 5.41) is 0. The topological polar surface area (TPSA) is 52.6 Å². The Balaban J connectivity index is 3.31. The second kappa shape index (κ2) is 10.7. The summed E-state index contributed by atoms with van der Waals surface area (Å²) >= 11 is 0. The van der Waals surface area contributed by atoms with Gasteiger partial charge in [0.15, 0.2) is 0 Å². The first-order valence-electron chi connectivity index (χ1n) is 10.5. The third-order valence-corrected chi connectivity index (χ3v) is 5.66. The number of ether oxygens (including phenoxy) is 2. The zero-order valence-corrected chi connectivity index (χ0v) is 18.5. The van der Waals surface area contributed by atoms with Crippen molar-refractivity contribution in [1.82, 2.24) is 0 Å². The highest BCUT2D eigenvalue weighted by molar-refractivity contribution is 6.02. The molecule has 0 spiro atoms. The van der Waals surface area contributed by atoms with Gasteiger partial charge in [-0.2, -0.15) is 0 Å². The van der Waals surface area contributed by atoms with Crippen molar-refractivity contribution >= 4 is 11.9 Å². The lowest BCUT2D eigenvalue weighted by Gasteiger charge is -2.33. The highest BCUT2D eigenvalue weighted by atomic mass is 16.5. The minimum Gasteiger partial charge on any atom is -0.459 e. The molecule has 0 bridgehead atoms. The molecular weight excluding hydrogens is 340 g/mol. The molecule has 0 saturated heterocycles. The molecule has 0 aromatic heterocycles. The molecule has 0 aliphatic heterocycles. The van der Waals surface area contributed by atoms with Gasteiger partial charge in [-0.15, -0.1) is 0 Å². The Bertz CT molecular complexity index is 599. The quantitative estimate of drug-likeness (QED) is 0.378. The molecule has 0 heterocycles. The summed E-state index contributed by atoms with van der Waals surface area (Å²) in [6.07, 6.45) is 4.05. The Morgan fingerprint density at radius 2 is 1.26 bits per heavy atom. The maximum atomic E-state index is 13.0. The number of carbonyl (C=O) groups excluding carboxylic acids is 2. The van der Waals surface area contributed by atoms with E-state index < -0.39 is 0 Å². The van der Waals surface area contributed by atoms with Crippen LogP contribution in [0.15, 0.2) is 22.3 Å². The molecule has 154 valence electrons. The van der Waals surface area contributed by atoms with E-state index >= 15 is 0 Å². The van der Waals surface area contributed by atoms with Crippen LogP contribution in [0.4, 0.5) is 0 Å². The number of allylic oxidation sites excluding steroid dienone is 2. The predicted molar refractivity (Wildman–Crippen MR) is 109 cm³/mol. The first kappa shape index (κ1) is 23.5. The Morgan fingerprint density at radius 1 is 0.852 bits per heavy atom. The van der Waals surface area contributed by atoms with Crippen molar-refractivity contribution in [2.75, 3.05) is 0 Å². The van der Waals surface area contributed by atoms with Crippen molar-refractivity contribution in [2.24, 2.45) is 11.8 Å². The highest BCUT2D eigenvalue weighted by Crippen LogP contribution is 2.41. The molecule has 1 rings (SSSR count). The largest absolute Gasteiger partial charge is 0.459 e. The zero-order chi connectivity index (χ0) is 20.7. The molecular formula is C23H38O4. The van der Waals surface area contributed by atoms with Crippen LogP contribution in [0.25, 0.3) is 0 Å². The fraction of sp³-hybridized carbons (Fsp3) is 0.739. The maximum absolute atomic E-state index is 13.0. The normalized spacial score (nSPS) is 22.5. The van der Waals surface area contributed by atoms with Crippen LogP contribution >= 0.6 is 0 Å². The molecule has 4 heteroatoms. The standard InChI is InChI=1S/C23H38O4/c1-9-12-14(4)26-22(24)20-17(7)16(6)19(11-3)18(8)21(20)23(25)27-15(5)13-10-2/h14-15,17-18H,9-13H2,1-8H3. The van der Waals surface area contributed by atoms with Gasteiger partial charge in [-0.3, -0.25) is 0 Å². The molecule has 0 aromatic carbocycles. The van der Waals surface area contributed by atoms with Crippen molar-refractivity contribution in [2.45, 2.75) is 99.7 Å². The van der Waals surface area contributed by atoms with Gasteiger partial charge < -0.3 is 9.47 Å². The van der Waals surface area contributed by atoms with Gasteiger partial charge in [-0.25, -0.2) is 9.59 Å². The average molecular weight is 379 g/mol. The molecule has 0 saturated carbocycles. The Kier molecular flexibility index (Phi) is 9.28.